The van der Waals surface area contributed by atoms with Gasteiger partial charge >= 0.3 is 11.9 Å². The van der Waals surface area contributed by atoms with Crippen molar-refractivity contribution in [2.24, 2.45) is 5.41 Å². The third-order valence-corrected chi connectivity index (χ3v) is 9.49. The zero-order valence-electron chi connectivity index (χ0n) is 29.6. The van der Waals surface area contributed by atoms with Crippen LogP contribution in [0, 0.1) is 5.41 Å². The third kappa shape index (κ3) is 9.11. The molecule has 2 saturated heterocycles. The molecule has 0 N–H and O–H groups in total. The summed E-state index contributed by atoms with van der Waals surface area (Å²) < 4.78 is 33.0. The first-order valence-corrected chi connectivity index (χ1v) is 17.9. The van der Waals surface area contributed by atoms with Gasteiger partial charge in [0.05, 0.1) is 38.6 Å². The van der Waals surface area contributed by atoms with Crippen molar-refractivity contribution < 1.29 is 47.8 Å². The van der Waals surface area contributed by atoms with Gasteiger partial charge in [0.2, 0.25) is 0 Å². The number of epoxide rings is 1. The van der Waals surface area contributed by atoms with Gasteiger partial charge in [0.15, 0.2) is 5.75 Å². The highest BCUT2D eigenvalue weighted by Crippen LogP contribution is 2.47. The fourth-order valence-electron chi connectivity index (χ4n) is 6.22. The maximum absolute atomic E-state index is 13.0. The SMILES string of the molecule is CC1c2cc(OOCc3ccc(OCC4(C)COC4)cc3)ccc2-c2ccc(OC(=O)c3ccc(OCCCCCC(=O)OCC4CO4)cc3)cc21. The van der Waals surface area contributed by atoms with Crippen LogP contribution in [-0.4, -0.2) is 57.7 Å². The Labute approximate surface area is 303 Å². The minimum Gasteiger partial charge on any atom is -0.494 e. The lowest BCUT2D eigenvalue weighted by Crippen LogP contribution is -2.44. The van der Waals surface area contributed by atoms with Gasteiger partial charge in [0, 0.05) is 17.8 Å². The summed E-state index contributed by atoms with van der Waals surface area (Å²) in [6, 6.07) is 26.4. The van der Waals surface area contributed by atoms with Gasteiger partial charge in [0.1, 0.15) is 36.6 Å². The number of hydrogen-bond acceptors (Lipinski definition) is 10. The van der Waals surface area contributed by atoms with Crippen LogP contribution in [0.25, 0.3) is 11.1 Å². The zero-order valence-corrected chi connectivity index (χ0v) is 29.6. The molecule has 4 aromatic rings. The molecular formula is C42H44O10. The summed E-state index contributed by atoms with van der Waals surface area (Å²) in [4.78, 5) is 36.0. The molecule has 4 aromatic carbocycles. The summed E-state index contributed by atoms with van der Waals surface area (Å²) in [5.41, 5.74) is 5.90. The lowest BCUT2D eigenvalue weighted by molar-refractivity contribution is -0.217. The van der Waals surface area contributed by atoms with Crippen molar-refractivity contribution in [1.29, 1.82) is 0 Å². The van der Waals surface area contributed by atoms with Gasteiger partial charge in [-0.1, -0.05) is 38.1 Å². The molecule has 0 spiro atoms. The van der Waals surface area contributed by atoms with E-state index in [1.165, 1.54) is 0 Å². The Hall–Kier alpha value is -4.90. The van der Waals surface area contributed by atoms with Gasteiger partial charge < -0.3 is 33.3 Å². The number of carbonyl (C=O) groups excluding carboxylic acids is 2. The number of ether oxygens (including phenoxy) is 6. The average molecular weight is 709 g/mol. The Morgan fingerprint density at radius 3 is 2.13 bits per heavy atom. The van der Waals surface area contributed by atoms with E-state index in [0.29, 0.717) is 62.3 Å². The summed E-state index contributed by atoms with van der Waals surface area (Å²) in [6.45, 7) is 8.23. The predicted octanol–water partition coefficient (Wildman–Crippen LogP) is 7.85. The molecule has 52 heavy (non-hydrogen) atoms. The van der Waals surface area contributed by atoms with Crippen molar-refractivity contribution >= 4 is 11.9 Å². The van der Waals surface area contributed by atoms with E-state index in [9.17, 15) is 9.59 Å². The van der Waals surface area contributed by atoms with E-state index < -0.39 is 5.97 Å². The van der Waals surface area contributed by atoms with Gasteiger partial charge in [-0.15, -0.1) is 0 Å². The summed E-state index contributed by atoms with van der Waals surface area (Å²) in [5, 5.41) is 0. The van der Waals surface area contributed by atoms with Crippen molar-refractivity contribution in [2.75, 3.05) is 39.6 Å². The molecule has 0 aromatic heterocycles. The number of unbranched alkanes of at least 4 members (excludes halogenated alkanes) is 2. The van der Waals surface area contributed by atoms with Crippen molar-refractivity contribution in [3.8, 4) is 34.1 Å². The van der Waals surface area contributed by atoms with E-state index in [1.54, 1.807) is 24.3 Å². The number of benzene rings is 4. The van der Waals surface area contributed by atoms with E-state index in [1.807, 2.05) is 60.7 Å². The molecule has 1 aliphatic carbocycles. The van der Waals surface area contributed by atoms with Crippen molar-refractivity contribution in [1.82, 2.24) is 0 Å². The van der Waals surface area contributed by atoms with Crippen LogP contribution < -0.4 is 19.1 Å². The average Bonchev–Trinajstić information content (AvgIpc) is 3.95. The van der Waals surface area contributed by atoms with Crippen molar-refractivity contribution in [3.05, 3.63) is 107 Å². The molecule has 0 saturated carbocycles. The minimum atomic E-state index is -0.442. The maximum atomic E-state index is 13.0. The molecule has 0 radical (unpaired) electrons. The smallest absolute Gasteiger partial charge is 0.343 e. The van der Waals surface area contributed by atoms with Gasteiger partial charge in [-0.25, -0.2) is 4.79 Å². The van der Waals surface area contributed by atoms with E-state index in [-0.39, 0.29) is 23.4 Å². The predicted molar refractivity (Wildman–Crippen MR) is 192 cm³/mol. The van der Waals surface area contributed by atoms with Gasteiger partial charge in [-0.05, 0) is 108 Å². The topological polar surface area (TPSA) is 111 Å². The van der Waals surface area contributed by atoms with Crippen LogP contribution in [0.4, 0.5) is 0 Å². The second-order valence-corrected chi connectivity index (χ2v) is 14.0. The molecule has 10 nitrogen and oxygen atoms in total. The van der Waals surface area contributed by atoms with E-state index in [0.717, 1.165) is 66.0 Å². The molecule has 0 amide bonds. The zero-order chi connectivity index (χ0) is 35.9. The fraction of sp³-hybridized carbons (Fsp3) is 0.381. The second kappa shape index (κ2) is 16.2. The lowest BCUT2D eigenvalue weighted by Gasteiger charge is -2.37. The molecule has 7 rings (SSSR count). The van der Waals surface area contributed by atoms with Crippen LogP contribution in [0.1, 0.15) is 72.5 Å². The summed E-state index contributed by atoms with van der Waals surface area (Å²) >= 11 is 0. The van der Waals surface area contributed by atoms with Crippen LogP contribution in [0.5, 0.6) is 23.0 Å². The van der Waals surface area contributed by atoms with Gasteiger partial charge in [-0.2, -0.15) is 4.89 Å². The summed E-state index contributed by atoms with van der Waals surface area (Å²) in [5.74, 6) is 2.03. The maximum Gasteiger partial charge on any atom is 0.343 e. The molecule has 2 atom stereocenters. The van der Waals surface area contributed by atoms with Crippen LogP contribution >= 0.6 is 0 Å². The molecule has 2 aliphatic heterocycles. The molecule has 0 bridgehead atoms. The number of rotatable bonds is 18. The number of hydrogen-bond donors (Lipinski definition) is 0. The van der Waals surface area contributed by atoms with Crippen LogP contribution in [0.15, 0.2) is 84.9 Å². The number of esters is 2. The first kappa shape index (κ1) is 35.5. The normalized spacial score (nSPS) is 17.7. The quantitative estimate of drug-likeness (QED) is 0.0253. The van der Waals surface area contributed by atoms with E-state index in [2.05, 4.69) is 13.8 Å². The Morgan fingerprint density at radius 2 is 1.44 bits per heavy atom. The first-order valence-electron chi connectivity index (χ1n) is 17.9. The fourth-order valence-corrected chi connectivity index (χ4v) is 6.22. The van der Waals surface area contributed by atoms with Gasteiger partial charge in [0.25, 0.3) is 0 Å². The van der Waals surface area contributed by atoms with Crippen molar-refractivity contribution in [2.45, 2.75) is 58.2 Å². The van der Waals surface area contributed by atoms with Gasteiger partial charge in [-0.3, -0.25) is 4.79 Å². The second-order valence-electron chi connectivity index (χ2n) is 14.0. The molecule has 2 unspecified atom stereocenters. The van der Waals surface area contributed by atoms with Crippen LogP contribution in [0.3, 0.4) is 0 Å². The number of fused-ring (bicyclic) bond motifs is 3. The van der Waals surface area contributed by atoms with E-state index >= 15 is 0 Å². The Kier molecular flexibility index (Phi) is 11.1. The third-order valence-electron chi connectivity index (χ3n) is 9.49. The van der Waals surface area contributed by atoms with Crippen LogP contribution in [0.2, 0.25) is 0 Å². The largest absolute Gasteiger partial charge is 0.494 e. The molecule has 3 aliphatic rings. The van der Waals surface area contributed by atoms with E-state index in [4.69, 9.17) is 38.2 Å². The molecule has 10 heteroatoms. The first-order chi connectivity index (χ1) is 25.3. The number of carbonyl (C=O) groups is 2. The Balaban J connectivity index is 0.843. The van der Waals surface area contributed by atoms with Crippen LogP contribution in [-0.2, 0) is 30.5 Å². The van der Waals surface area contributed by atoms with Crippen molar-refractivity contribution in [3.63, 3.8) is 0 Å². The molecule has 272 valence electrons. The standard InChI is InChI=1S/C42H44O10/c1-28-38-20-33(51-41(44)30-9-13-31(14-10-30)46-19-5-3-4-6-40(43)48-24-35-23-47-35)15-17-36(38)37-18-16-34(21-39(28)37)52-50-22-29-7-11-32(12-8-29)49-27-42(2)25-45-26-42/h7-18,20-21,28,35H,3-6,19,22-27H2,1-2H3. The lowest BCUT2D eigenvalue weighted by atomic mass is 9.90. The Morgan fingerprint density at radius 1 is 0.788 bits per heavy atom. The summed E-state index contributed by atoms with van der Waals surface area (Å²) in [7, 11) is 0. The Bertz CT molecular complexity index is 1840. The monoisotopic (exact) mass is 708 g/mol. The molecule has 2 fully saturated rings. The summed E-state index contributed by atoms with van der Waals surface area (Å²) in [6.07, 6.45) is 2.91. The highest BCUT2D eigenvalue weighted by Gasteiger charge is 2.34. The highest BCUT2D eigenvalue weighted by molar-refractivity contribution is 5.91. The molecule has 2 heterocycles. The minimum absolute atomic E-state index is 0.0705. The molecular weight excluding hydrogens is 664 g/mol. The highest BCUT2D eigenvalue weighted by atomic mass is 17.2.